The molecule has 1 aromatic carbocycles. The summed E-state index contributed by atoms with van der Waals surface area (Å²) >= 11 is 0. The molecule has 4 heteroatoms. The molecule has 0 saturated carbocycles. The van der Waals surface area contributed by atoms with Crippen molar-refractivity contribution < 1.29 is 9.50 Å². The zero-order valence-electron chi connectivity index (χ0n) is 13.3. The lowest BCUT2D eigenvalue weighted by atomic mass is 9.96. The lowest BCUT2D eigenvalue weighted by Crippen LogP contribution is -2.38. The van der Waals surface area contributed by atoms with Crippen LogP contribution in [0.3, 0.4) is 0 Å². The molecule has 0 atom stereocenters. The second-order valence-corrected chi connectivity index (χ2v) is 6.99. The molecule has 21 heavy (non-hydrogen) atoms. The Morgan fingerprint density at radius 2 is 1.95 bits per heavy atom. The van der Waals surface area contributed by atoms with E-state index in [9.17, 15) is 9.50 Å². The van der Waals surface area contributed by atoms with Gasteiger partial charge in [0.05, 0.1) is 0 Å². The van der Waals surface area contributed by atoms with Crippen LogP contribution in [0.2, 0.25) is 0 Å². The maximum Gasteiger partial charge on any atom is 0.123 e. The molecule has 118 valence electrons. The number of hydrogen-bond donors (Lipinski definition) is 2. The number of rotatable bonds is 4. The van der Waals surface area contributed by atoms with Gasteiger partial charge in [-0.25, -0.2) is 4.39 Å². The molecule has 0 unspecified atom stereocenters. The van der Waals surface area contributed by atoms with Crippen LogP contribution in [0, 0.1) is 11.7 Å². The fourth-order valence-electron chi connectivity index (χ4n) is 2.72. The highest BCUT2D eigenvalue weighted by atomic mass is 19.1. The summed E-state index contributed by atoms with van der Waals surface area (Å²) in [4.78, 5) is 2.31. The van der Waals surface area contributed by atoms with E-state index in [1.807, 2.05) is 6.07 Å². The van der Waals surface area contributed by atoms with Crippen LogP contribution in [-0.2, 0) is 6.54 Å². The van der Waals surface area contributed by atoms with Crippen LogP contribution in [0.1, 0.15) is 39.2 Å². The molecule has 1 saturated heterocycles. The standard InChI is InChI=1S/C17H27FN2O/c1-17(2,3)19-11-14-10-15(18)4-5-16(14)20-8-6-13(12-21)7-9-20/h4-5,10,13,19,21H,6-9,11-12H2,1-3H3. The third kappa shape index (κ3) is 4.68. The Balaban J connectivity index is 2.11. The molecule has 0 amide bonds. The van der Waals surface area contributed by atoms with E-state index in [0.717, 1.165) is 37.2 Å². The predicted octanol–water partition coefficient (Wildman–Crippen LogP) is 2.92. The molecule has 3 nitrogen and oxygen atoms in total. The van der Waals surface area contributed by atoms with E-state index in [1.165, 1.54) is 6.07 Å². The van der Waals surface area contributed by atoms with Crippen LogP contribution in [0.25, 0.3) is 0 Å². The van der Waals surface area contributed by atoms with Gasteiger partial charge in [-0.05, 0) is 63.3 Å². The number of aliphatic hydroxyl groups is 1. The number of nitrogens with one attached hydrogen (secondary N) is 1. The minimum absolute atomic E-state index is 0.00741. The number of piperidine rings is 1. The van der Waals surface area contributed by atoms with Gasteiger partial charge in [-0.2, -0.15) is 0 Å². The number of halogens is 1. The first-order valence-corrected chi connectivity index (χ1v) is 7.78. The summed E-state index contributed by atoms with van der Waals surface area (Å²) < 4.78 is 13.6. The smallest absolute Gasteiger partial charge is 0.123 e. The molecule has 1 aromatic rings. The molecule has 1 aliphatic heterocycles. The third-order valence-electron chi connectivity index (χ3n) is 4.06. The summed E-state index contributed by atoms with van der Waals surface area (Å²) in [7, 11) is 0. The van der Waals surface area contributed by atoms with Crippen molar-refractivity contribution in [3.8, 4) is 0 Å². The average molecular weight is 294 g/mol. The number of aliphatic hydroxyl groups excluding tert-OH is 1. The lowest BCUT2D eigenvalue weighted by molar-refractivity contribution is 0.203. The number of benzene rings is 1. The van der Waals surface area contributed by atoms with Crippen LogP contribution in [0.4, 0.5) is 10.1 Å². The molecule has 0 bridgehead atoms. The van der Waals surface area contributed by atoms with Gasteiger partial charge in [0.2, 0.25) is 0 Å². The van der Waals surface area contributed by atoms with Crippen molar-refractivity contribution in [2.75, 3.05) is 24.6 Å². The summed E-state index contributed by atoms with van der Waals surface area (Å²) in [5.74, 6) is 0.229. The second kappa shape index (κ2) is 6.75. The Bertz CT molecular complexity index is 462. The van der Waals surface area contributed by atoms with Crippen LogP contribution < -0.4 is 10.2 Å². The minimum atomic E-state index is -0.185. The van der Waals surface area contributed by atoms with E-state index >= 15 is 0 Å². The molecule has 0 aromatic heterocycles. The molecule has 0 spiro atoms. The molecule has 0 radical (unpaired) electrons. The second-order valence-electron chi connectivity index (χ2n) is 6.99. The van der Waals surface area contributed by atoms with Crippen molar-refractivity contribution >= 4 is 5.69 Å². The molecular weight excluding hydrogens is 267 g/mol. The van der Waals surface area contributed by atoms with E-state index in [2.05, 4.69) is 31.0 Å². The van der Waals surface area contributed by atoms with Gasteiger partial charge in [0.25, 0.3) is 0 Å². The Hall–Kier alpha value is -1.13. The Labute approximate surface area is 127 Å². The Morgan fingerprint density at radius 1 is 1.29 bits per heavy atom. The van der Waals surface area contributed by atoms with Gasteiger partial charge >= 0.3 is 0 Å². The number of hydrogen-bond acceptors (Lipinski definition) is 3. The Kier molecular flexibility index (Phi) is 5.22. The van der Waals surface area contributed by atoms with Crippen LogP contribution in [0.5, 0.6) is 0 Å². The van der Waals surface area contributed by atoms with E-state index in [-0.39, 0.29) is 18.0 Å². The zero-order valence-corrected chi connectivity index (χ0v) is 13.3. The quantitative estimate of drug-likeness (QED) is 0.896. The highest BCUT2D eigenvalue weighted by Gasteiger charge is 2.21. The highest BCUT2D eigenvalue weighted by Crippen LogP contribution is 2.27. The Morgan fingerprint density at radius 3 is 2.52 bits per heavy atom. The van der Waals surface area contributed by atoms with Gasteiger partial charge in [0, 0.05) is 37.5 Å². The van der Waals surface area contributed by atoms with Crippen molar-refractivity contribution in [1.82, 2.24) is 5.32 Å². The van der Waals surface area contributed by atoms with Gasteiger partial charge in [-0.1, -0.05) is 0 Å². The van der Waals surface area contributed by atoms with Crippen LogP contribution in [-0.4, -0.2) is 30.3 Å². The van der Waals surface area contributed by atoms with Gasteiger partial charge in [-0.15, -0.1) is 0 Å². The van der Waals surface area contributed by atoms with Gasteiger partial charge < -0.3 is 15.3 Å². The topological polar surface area (TPSA) is 35.5 Å². The van der Waals surface area contributed by atoms with Crippen molar-refractivity contribution in [3.63, 3.8) is 0 Å². The summed E-state index contributed by atoms with van der Waals surface area (Å²) in [5.41, 5.74) is 2.13. The number of nitrogens with zero attached hydrogens (tertiary/aromatic N) is 1. The largest absolute Gasteiger partial charge is 0.396 e. The van der Waals surface area contributed by atoms with Gasteiger partial charge in [0.15, 0.2) is 0 Å². The summed E-state index contributed by atoms with van der Waals surface area (Å²) in [6.07, 6.45) is 2.00. The molecule has 0 aliphatic carbocycles. The average Bonchev–Trinajstić information content (AvgIpc) is 2.45. The highest BCUT2D eigenvalue weighted by molar-refractivity contribution is 5.54. The summed E-state index contributed by atoms with van der Waals surface area (Å²) in [6, 6.07) is 5.05. The van der Waals surface area contributed by atoms with Crippen molar-refractivity contribution in [1.29, 1.82) is 0 Å². The minimum Gasteiger partial charge on any atom is -0.396 e. The first-order chi connectivity index (χ1) is 9.89. The molecule has 1 aliphatic rings. The fraction of sp³-hybridized carbons (Fsp3) is 0.647. The van der Waals surface area contributed by atoms with Crippen molar-refractivity contribution in [2.45, 2.75) is 45.7 Å². The van der Waals surface area contributed by atoms with Crippen molar-refractivity contribution in [3.05, 3.63) is 29.6 Å². The molecule has 1 heterocycles. The first-order valence-electron chi connectivity index (χ1n) is 7.78. The lowest BCUT2D eigenvalue weighted by Gasteiger charge is -2.34. The molecule has 1 fully saturated rings. The van der Waals surface area contributed by atoms with E-state index in [4.69, 9.17) is 0 Å². The maximum absolute atomic E-state index is 13.6. The van der Waals surface area contributed by atoms with Gasteiger partial charge in [-0.3, -0.25) is 0 Å². The SMILES string of the molecule is CC(C)(C)NCc1cc(F)ccc1N1CCC(CO)CC1. The van der Waals surface area contributed by atoms with E-state index in [0.29, 0.717) is 12.5 Å². The molecule has 2 N–H and O–H groups in total. The maximum atomic E-state index is 13.6. The van der Waals surface area contributed by atoms with Crippen molar-refractivity contribution in [2.24, 2.45) is 5.92 Å². The summed E-state index contributed by atoms with van der Waals surface area (Å²) in [6.45, 7) is 9.13. The summed E-state index contributed by atoms with van der Waals surface area (Å²) in [5, 5.41) is 12.7. The number of anilines is 1. The fourth-order valence-corrected chi connectivity index (χ4v) is 2.72. The first kappa shape index (κ1) is 16.2. The van der Waals surface area contributed by atoms with E-state index < -0.39 is 0 Å². The third-order valence-corrected chi connectivity index (χ3v) is 4.06. The predicted molar refractivity (Wildman–Crippen MR) is 85.0 cm³/mol. The monoisotopic (exact) mass is 294 g/mol. The van der Waals surface area contributed by atoms with Gasteiger partial charge in [0.1, 0.15) is 5.82 Å². The van der Waals surface area contributed by atoms with Crippen LogP contribution in [0.15, 0.2) is 18.2 Å². The van der Waals surface area contributed by atoms with Crippen LogP contribution >= 0.6 is 0 Å². The van der Waals surface area contributed by atoms with E-state index in [1.54, 1.807) is 6.07 Å². The molecule has 2 rings (SSSR count). The normalized spacial score (nSPS) is 17.3. The zero-order chi connectivity index (χ0) is 15.5. The molecular formula is C17H27FN2O.